The van der Waals surface area contributed by atoms with Gasteiger partial charge < -0.3 is 10.1 Å². The second kappa shape index (κ2) is 8.08. The minimum atomic E-state index is -3.81. The van der Waals surface area contributed by atoms with E-state index in [1.165, 1.54) is 25.2 Å². The maximum absolute atomic E-state index is 12.3. The van der Waals surface area contributed by atoms with Crippen molar-refractivity contribution in [2.24, 2.45) is 0 Å². The van der Waals surface area contributed by atoms with Crippen LogP contribution < -0.4 is 15.4 Å². The van der Waals surface area contributed by atoms with Crippen molar-refractivity contribution in [1.29, 1.82) is 0 Å². The van der Waals surface area contributed by atoms with E-state index in [0.29, 0.717) is 0 Å². The molecule has 10 heteroatoms. The molecule has 0 bridgehead atoms. The molecule has 0 fully saturated rings. The highest BCUT2D eigenvalue weighted by atomic mass is 32.2. The third-order valence-corrected chi connectivity index (χ3v) is 4.39. The maximum Gasteiger partial charge on any atom is 0.338 e. The van der Waals surface area contributed by atoms with Crippen LogP contribution in [0.2, 0.25) is 0 Å². The molecule has 0 heterocycles. The highest BCUT2D eigenvalue weighted by molar-refractivity contribution is 7.89. The van der Waals surface area contributed by atoms with E-state index in [9.17, 15) is 22.8 Å². The summed E-state index contributed by atoms with van der Waals surface area (Å²) in [5, 5.41) is 4.10. The Hall–Kier alpha value is -2.46. The second-order valence-corrected chi connectivity index (χ2v) is 7.77. The molecule has 1 aromatic carbocycles. The maximum atomic E-state index is 12.3. The average molecular weight is 371 g/mol. The number of amides is 3. The second-order valence-electron chi connectivity index (χ2n) is 6.09. The Kier molecular flexibility index (Phi) is 6.65. The van der Waals surface area contributed by atoms with Crippen LogP contribution in [0.1, 0.15) is 31.1 Å². The van der Waals surface area contributed by atoms with Gasteiger partial charge in [0.05, 0.1) is 10.5 Å². The van der Waals surface area contributed by atoms with Gasteiger partial charge in [0.25, 0.3) is 5.91 Å². The summed E-state index contributed by atoms with van der Waals surface area (Å²) in [5.74, 6) is -1.70. The van der Waals surface area contributed by atoms with Gasteiger partial charge in [0.1, 0.15) is 0 Å². The number of hydrogen-bond acceptors (Lipinski definition) is 6. The normalized spacial score (nSPS) is 11.5. The third-order valence-electron chi connectivity index (χ3n) is 2.63. The molecule has 0 aliphatic heterocycles. The predicted molar refractivity (Wildman–Crippen MR) is 89.4 cm³/mol. The summed E-state index contributed by atoms with van der Waals surface area (Å²) in [4.78, 5) is 34.2. The van der Waals surface area contributed by atoms with Gasteiger partial charge in [-0.05, 0) is 39.0 Å². The largest absolute Gasteiger partial charge is 0.452 e. The molecule has 1 rings (SSSR count). The number of urea groups is 1. The lowest BCUT2D eigenvalue weighted by atomic mass is 10.1. The lowest BCUT2D eigenvalue weighted by Crippen LogP contribution is -2.40. The van der Waals surface area contributed by atoms with Gasteiger partial charge in [-0.3, -0.25) is 10.1 Å². The van der Waals surface area contributed by atoms with E-state index >= 15 is 0 Å². The Morgan fingerprint density at radius 2 is 1.80 bits per heavy atom. The number of imide groups is 1. The summed E-state index contributed by atoms with van der Waals surface area (Å²) in [6, 6.07) is 4.49. The molecule has 0 aromatic heterocycles. The molecular formula is C15H21N3O6S. The molecule has 25 heavy (non-hydrogen) atoms. The predicted octanol–water partition coefficient (Wildman–Crippen LogP) is 0.376. The fourth-order valence-electron chi connectivity index (χ4n) is 1.69. The molecule has 0 aliphatic rings. The number of ether oxygens (including phenoxy) is 1. The number of esters is 1. The van der Waals surface area contributed by atoms with Crippen molar-refractivity contribution in [2.75, 3.05) is 13.7 Å². The molecule has 9 nitrogen and oxygen atoms in total. The van der Waals surface area contributed by atoms with Crippen LogP contribution in [0.15, 0.2) is 29.2 Å². The Morgan fingerprint density at radius 1 is 1.16 bits per heavy atom. The van der Waals surface area contributed by atoms with E-state index in [2.05, 4.69) is 10.0 Å². The van der Waals surface area contributed by atoms with E-state index < -0.39 is 40.1 Å². The molecule has 0 atom stereocenters. The molecular weight excluding hydrogens is 350 g/mol. The molecule has 1 aromatic rings. The minimum Gasteiger partial charge on any atom is -0.452 e. The van der Waals surface area contributed by atoms with Crippen LogP contribution in [0.3, 0.4) is 0 Å². The fourth-order valence-corrected chi connectivity index (χ4v) is 3.16. The highest BCUT2D eigenvalue weighted by Gasteiger charge is 2.23. The van der Waals surface area contributed by atoms with Gasteiger partial charge in [-0.1, -0.05) is 6.07 Å². The number of carbonyl (C=O) groups excluding carboxylic acids is 3. The summed E-state index contributed by atoms with van der Waals surface area (Å²) in [6.45, 7) is 4.39. The number of carbonyl (C=O) groups is 3. The Bertz CT molecular complexity index is 768. The number of hydrogen-bond donors (Lipinski definition) is 3. The van der Waals surface area contributed by atoms with Gasteiger partial charge in [0.15, 0.2) is 6.61 Å². The van der Waals surface area contributed by atoms with Crippen LogP contribution in [0.4, 0.5) is 4.79 Å². The number of benzene rings is 1. The van der Waals surface area contributed by atoms with Crippen molar-refractivity contribution in [3.8, 4) is 0 Å². The number of rotatable bonds is 5. The summed E-state index contributed by atoms with van der Waals surface area (Å²) >= 11 is 0. The number of sulfonamides is 1. The van der Waals surface area contributed by atoms with Crippen LogP contribution in [0, 0.1) is 0 Å². The summed E-state index contributed by atoms with van der Waals surface area (Å²) in [7, 11) is -2.49. The Labute approximate surface area is 146 Å². The van der Waals surface area contributed by atoms with Crippen molar-refractivity contribution >= 4 is 27.9 Å². The molecule has 0 radical (unpaired) electrons. The van der Waals surface area contributed by atoms with Crippen molar-refractivity contribution in [3.05, 3.63) is 29.8 Å². The van der Waals surface area contributed by atoms with Gasteiger partial charge in [0, 0.05) is 12.6 Å². The third kappa shape index (κ3) is 6.89. The Morgan fingerprint density at radius 3 is 2.36 bits per heavy atom. The first-order valence-corrected chi connectivity index (χ1v) is 8.75. The zero-order valence-corrected chi connectivity index (χ0v) is 15.2. The van der Waals surface area contributed by atoms with Gasteiger partial charge >= 0.3 is 12.0 Å². The molecule has 0 aliphatic carbocycles. The molecule has 0 saturated carbocycles. The first-order valence-electron chi connectivity index (χ1n) is 7.27. The summed E-state index contributed by atoms with van der Waals surface area (Å²) < 4.78 is 31.8. The van der Waals surface area contributed by atoms with Crippen molar-refractivity contribution in [3.63, 3.8) is 0 Å². The fraction of sp³-hybridized carbons (Fsp3) is 0.400. The standard InChI is InChI=1S/C15H21N3O6S/c1-15(2,3)18-25(22,23)11-7-5-6-10(8-11)13(20)24-9-12(19)17-14(21)16-4/h5-8,18H,9H2,1-4H3,(H2,16,17,19,21). The van der Waals surface area contributed by atoms with E-state index in [1.807, 2.05) is 5.32 Å². The molecule has 138 valence electrons. The van der Waals surface area contributed by atoms with Crippen molar-refractivity contribution in [1.82, 2.24) is 15.4 Å². The zero-order valence-electron chi connectivity index (χ0n) is 14.4. The number of nitrogens with one attached hydrogen (secondary N) is 3. The zero-order chi connectivity index (χ0) is 19.3. The first kappa shape index (κ1) is 20.6. The monoisotopic (exact) mass is 371 g/mol. The van der Waals surface area contributed by atoms with E-state index in [0.717, 1.165) is 6.07 Å². The highest BCUT2D eigenvalue weighted by Crippen LogP contribution is 2.15. The average Bonchev–Trinajstić information content (AvgIpc) is 2.50. The lowest BCUT2D eigenvalue weighted by molar-refractivity contribution is -0.123. The van der Waals surface area contributed by atoms with E-state index in [4.69, 9.17) is 4.74 Å². The van der Waals surface area contributed by atoms with Crippen LogP contribution in [-0.2, 0) is 19.6 Å². The van der Waals surface area contributed by atoms with E-state index in [1.54, 1.807) is 20.8 Å². The molecule has 0 spiro atoms. The molecule has 0 saturated heterocycles. The van der Waals surface area contributed by atoms with Crippen molar-refractivity contribution < 1.29 is 27.5 Å². The topological polar surface area (TPSA) is 131 Å². The van der Waals surface area contributed by atoms with Crippen LogP contribution in [-0.4, -0.2) is 45.5 Å². The smallest absolute Gasteiger partial charge is 0.338 e. The summed E-state index contributed by atoms with van der Waals surface area (Å²) in [6.07, 6.45) is 0. The van der Waals surface area contributed by atoms with Crippen LogP contribution >= 0.6 is 0 Å². The Balaban J connectivity index is 2.82. The first-order chi connectivity index (χ1) is 11.4. The van der Waals surface area contributed by atoms with Crippen molar-refractivity contribution in [2.45, 2.75) is 31.2 Å². The van der Waals surface area contributed by atoms with Gasteiger partial charge in [-0.15, -0.1) is 0 Å². The molecule has 0 unspecified atom stereocenters. The van der Waals surface area contributed by atoms with Gasteiger partial charge in [0.2, 0.25) is 10.0 Å². The molecule has 3 amide bonds. The molecule has 3 N–H and O–H groups in total. The summed E-state index contributed by atoms with van der Waals surface area (Å²) in [5.41, 5.74) is -0.725. The van der Waals surface area contributed by atoms with Crippen LogP contribution in [0.25, 0.3) is 0 Å². The lowest BCUT2D eigenvalue weighted by Gasteiger charge is -2.20. The SMILES string of the molecule is CNC(=O)NC(=O)COC(=O)c1cccc(S(=O)(=O)NC(C)(C)C)c1. The van der Waals surface area contributed by atoms with Crippen LogP contribution in [0.5, 0.6) is 0 Å². The quantitative estimate of drug-likeness (QED) is 0.641. The van der Waals surface area contributed by atoms with Gasteiger partial charge in [-0.2, -0.15) is 0 Å². The van der Waals surface area contributed by atoms with Gasteiger partial charge in [-0.25, -0.2) is 22.7 Å². The van der Waals surface area contributed by atoms with E-state index in [-0.39, 0.29) is 10.5 Å². The minimum absolute atomic E-state index is 0.0375.